The van der Waals surface area contributed by atoms with Gasteiger partial charge in [0.2, 0.25) is 0 Å². The SMILES string of the molecule is CN(C)CC1CCNc2ccc(O)cc21. The van der Waals surface area contributed by atoms with Crippen LogP contribution in [0.3, 0.4) is 0 Å². The van der Waals surface area contributed by atoms with Crippen molar-refractivity contribution >= 4 is 5.69 Å². The Hall–Kier alpha value is -1.22. The predicted octanol–water partition coefficient (Wildman–Crippen LogP) is 1.85. The summed E-state index contributed by atoms with van der Waals surface area (Å²) in [6, 6.07) is 5.59. The van der Waals surface area contributed by atoms with Gasteiger partial charge in [-0.2, -0.15) is 0 Å². The van der Waals surface area contributed by atoms with Gasteiger partial charge in [0.05, 0.1) is 0 Å². The lowest BCUT2D eigenvalue weighted by molar-refractivity contribution is 0.363. The van der Waals surface area contributed by atoms with Gasteiger partial charge >= 0.3 is 0 Å². The Morgan fingerprint density at radius 1 is 1.47 bits per heavy atom. The minimum absolute atomic E-state index is 0.362. The van der Waals surface area contributed by atoms with Crippen molar-refractivity contribution in [3.8, 4) is 5.75 Å². The van der Waals surface area contributed by atoms with E-state index in [1.165, 1.54) is 11.3 Å². The second kappa shape index (κ2) is 4.11. The van der Waals surface area contributed by atoms with Crippen LogP contribution in [0.1, 0.15) is 17.9 Å². The summed E-state index contributed by atoms with van der Waals surface area (Å²) in [5.74, 6) is 0.893. The van der Waals surface area contributed by atoms with E-state index in [0.717, 1.165) is 19.5 Å². The van der Waals surface area contributed by atoms with Crippen molar-refractivity contribution in [2.24, 2.45) is 0 Å². The topological polar surface area (TPSA) is 35.5 Å². The lowest BCUT2D eigenvalue weighted by atomic mass is 9.90. The molecule has 0 saturated carbocycles. The number of nitrogens with one attached hydrogen (secondary N) is 1. The van der Waals surface area contributed by atoms with Crippen LogP contribution in [0, 0.1) is 0 Å². The number of nitrogens with zero attached hydrogens (tertiary/aromatic N) is 1. The summed E-state index contributed by atoms with van der Waals surface area (Å²) in [5.41, 5.74) is 2.42. The summed E-state index contributed by atoms with van der Waals surface area (Å²) in [6.07, 6.45) is 1.13. The van der Waals surface area contributed by atoms with Gasteiger partial charge in [0, 0.05) is 24.7 Å². The van der Waals surface area contributed by atoms with E-state index in [4.69, 9.17) is 0 Å². The standard InChI is InChI=1S/C12H18N2O/c1-14(2)8-9-5-6-13-12-4-3-10(15)7-11(9)12/h3-4,7,9,13,15H,5-6,8H2,1-2H3. The van der Waals surface area contributed by atoms with Crippen molar-refractivity contribution in [3.63, 3.8) is 0 Å². The molecule has 2 rings (SSSR count). The quantitative estimate of drug-likeness (QED) is 0.725. The summed E-state index contributed by atoms with van der Waals surface area (Å²) in [4.78, 5) is 2.20. The van der Waals surface area contributed by atoms with E-state index >= 15 is 0 Å². The summed E-state index contributed by atoms with van der Waals surface area (Å²) < 4.78 is 0. The highest BCUT2D eigenvalue weighted by molar-refractivity contribution is 5.57. The maximum Gasteiger partial charge on any atom is 0.116 e. The zero-order chi connectivity index (χ0) is 10.8. The minimum atomic E-state index is 0.362. The molecule has 1 atom stereocenters. The molecule has 1 aliphatic heterocycles. The van der Waals surface area contributed by atoms with Gasteiger partial charge < -0.3 is 15.3 Å². The largest absolute Gasteiger partial charge is 0.508 e. The molecule has 2 N–H and O–H groups in total. The van der Waals surface area contributed by atoms with Crippen molar-refractivity contribution in [2.75, 3.05) is 32.5 Å². The first-order valence-electron chi connectivity index (χ1n) is 5.38. The lowest BCUT2D eigenvalue weighted by Crippen LogP contribution is -2.26. The van der Waals surface area contributed by atoms with Crippen LogP contribution in [0.4, 0.5) is 5.69 Å². The summed E-state index contributed by atoms with van der Waals surface area (Å²) in [7, 11) is 4.18. The van der Waals surface area contributed by atoms with Gasteiger partial charge in [0.25, 0.3) is 0 Å². The Labute approximate surface area is 90.7 Å². The Bertz CT molecular complexity index is 349. The molecule has 0 saturated heterocycles. The Balaban J connectivity index is 2.28. The van der Waals surface area contributed by atoms with E-state index in [2.05, 4.69) is 24.3 Å². The Morgan fingerprint density at radius 2 is 2.27 bits per heavy atom. The number of aromatic hydroxyl groups is 1. The maximum atomic E-state index is 9.50. The normalized spacial score (nSPS) is 19.8. The molecule has 0 aliphatic carbocycles. The molecule has 1 aromatic carbocycles. The van der Waals surface area contributed by atoms with E-state index in [9.17, 15) is 5.11 Å². The second-order valence-corrected chi connectivity index (χ2v) is 4.45. The van der Waals surface area contributed by atoms with E-state index in [1.807, 2.05) is 12.1 Å². The highest BCUT2D eigenvalue weighted by Crippen LogP contribution is 2.34. The molecule has 3 nitrogen and oxygen atoms in total. The van der Waals surface area contributed by atoms with Crippen LogP contribution in [0.15, 0.2) is 18.2 Å². The second-order valence-electron chi connectivity index (χ2n) is 4.45. The summed E-state index contributed by atoms with van der Waals surface area (Å²) in [6.45, 7) is 2.06. The number of hydrogen-bond donors (Lipinski definition) is 2. The smallest absolute Gasteiger partial charge is 0.116 e. The van der Waals surface area contributed by atoms with E-state index in [-0.39, 0.29) is 0 Å². The summed E-state index contributed by atoms with van der Waals surface area (Å²) in [5, 5.41) is 12.9. The molecule has 1 unspecified atom stereocenters. The first-order valence-corrected chi connectivity index (χ1v) is 5.38. The minimum Gasteiger partial charge on any atom is -0.508 e. The molecule has 0 fully saturated rings. The van der Waals surface area contributed by atoms with Gasteiger partial charge in [-0.15, -0.1) is 0 Å². The van der Waals surface area contributed by atoms with Gasteiger partial charge in [-0.1, -0.05) is 0 Å². The number of hydrogen-bond acceptors (Lipinski definition) is 3. The van der Waals surface area contributed by atoms with Crippen molar-refractivity contribution in [1.29, 1.82) is 0 Å². The molecule has 3 heteroatoms. The van der Waals surface area contributed by atoms with Crippen molar-refractivity contribution in [1.82, 2.24) is 4.90 Å². The molecule has 0 bridgehead atoms. The number of fused-ring (bicyclic) bond motifs is 1. The average molecular weight is 206 g/mol. The van der Waals surface area contributed by atoms with Crippen LogP contribution in [0.5, 0.6) is 5.75 Å². The monoisotopic (exact) mass is 206 g/mol. The molecule has 15 heavy (non-hydrogen) atoms. The molecular formula is C12H18N2O. The molecule has 0 spiro atoms. The van der Waals surface area contributed by atoms with E-state index in [0.29, 0.717) is 11.7 Å². The van der Waals surface area contributed by atoms with Crippen LogP contribution in [-0.4, -0.2) is 37.2 Å². The number of rotatable bonds is 2. The fourth-order valence-electron chi connectivity index (χ4n) is 2.22. The molecule has 0 radical (unpaired) electrons. The first-order chi connectivity index (χ1) is 7.16. The van der Waals surface area contributed by atoms with Gasteiger partial charge in [-0.25, -0.2) is 0 Å². The predicted molar refractivity (Wildman–Crippen MR) is 62.5 cm³/mol. The highest BCUT2D eigenvalue weighted by Gasteiger charge is 2.20. The molecule has 1 heterocycles. The molecule has 0 aromatic heterocycles. The van der Waals surface area contributed by atoms with Crippen molar-refractivity contribution in [2.45, 2.75) is 12.3 Å². The lowest BCUT2D eigenvalue weighted by Gasteiger charge is -2.28. The number of phenols is 1. The molecule has 82 valence electrons. The van der Waals surface area contributed by atoms with Gasteiger partial charge in [0.1, 0.15) is 5.75 Å². The maximum absolute atomic E-state index is 9.50. The zero-order valence-corrected chi connectivity index (χ0v) is 9.33. The Morgan fingerprint density at radius 3 is 3.00 bits per heavy atom. The fraction of sp³-hybridized carbons (Fsp3) is 0.500. The number of phenolic OH excluding ortho intramolecular Hbond substituents is 1. The van der Waals surface area contributed by atoms with Crippen molar-refractivity contribution < 1.29 is 5.11 Å². The van der Waals surface area contributed by atoms with Crippen molar-refractivity contribution in [3.05, 3.63) is 23.8 Å². The van der Waals surface area contributed by atoms with Crippen LogP contribution >= 0.6 is 0 Å². The molecule has 1 aliphatic rings. The van der Waals surface area contributed by atoms with Gasteiger partial charge in [0.15, 0.2) is 0 Å². The van der Waals surface area contributed by atoms with Crippen LogP contribution in [0.2, 0.25) is 0 Å². The Kier molecular flexibility index (Phi) is 2.82. The highest BCUT2D eigenvalue weighted by atomic mass is 16.3. The fourth-order valence-corrected chi connectivity index (χ4v) is 2.22. The number of anilines is 1. The third-order valence-corrected chi connectivity index (χ3v) is 2.87. The van der Waals surface area contributed by atoms with Gasteiger partial charge in [-0.05, 0) is 44.3 Å². The molecule has 1 aromatic rings. The number of likely N-dealkylation sites (N-methyl/N-ethyl adjacent to an activating group) is 1. The third kappa shape index (κ3) is 2.23. The third-order valence-electron chi connectivity index (χ3n) is 2.87. The van der Waals surface area contributed by atoms with Gasteiger partial charge in [-0.3, -0.25) is 0 Å². The zero-order valence-electron chi connectivity index (χ0n) is 9.33. The van der Waals surface area contributed by atoms with Crippen LogP contribution in [-0.2, 0) is 0 Å². The number of benzene rings is 1. The van der Waals surface area contributed by atoms with Crippen LogP contribution in [0.25, 0.3) is 0 Å². The van der Waals surface area contributed by atoms with E-state index in [1.54, 1.807) is 6.07 Å². The van der Waals surface area contributed by atoms with E-state index < -0.39 is 0 Å². The molecular weight excluding hydrogens is 188 g/mol. The van der Waals surface area contributed by atoms with Crippen LogP contribution < -0.4 is 5.32 Å². The average Bonchev–Trinajstić information content (AvgIpc) is 2.18. The molecule has 0 amide bonds. The summed E-state index contributed by atoms with van der Waals surface area (Å²) >= 11 is 0. The first kappa shape index (κ1) is 10.3.